The maximum absolute atomic E-state index is 12.0. The van der Waals surface area contributed by atoms with E-state index in [9.17, 15) is 4.79 Å². The van der Waals surface area contributed by atoms with Crippen LogP contribution in [0.2, 0.25) is 5.02 Å². The van der Waals surface area contributed by atoms with Crippen LogP contribution in [-0.4, -0.2) is 49.3 Å². The fourth-order valence-electron chi connectivity index (χ4n) is 2.05. The van der Waals surface area contributed by atoms with Crippen LogP contribution >= 0.6 is 34.7 Å². The number of hydrogen-bond donors (Lipinski definition) is 3. The van der Waals surface area contributed by atoms with Crippen molar-refractivity contribution in [2.45, 2.75) is 11.8 Å². The summed E-state index contributed by atoms with van der Waals surface area (Å²) in [5.41, 5.74) is 2.44. The molecule has 0 spiro atoms. The zero-order valence-corrected chi connectivity index (χ0v) is 17.1. The second kappa shape index (κ2) is 11.1. The number of hydrogen-bond acceptors (Lipinski definition) is 5. The van der Waals surface area contributed by atoms with E-state index < -0.39 is 0 Å². The molecular weight excluding hydrogens is 390 g/mol. The number of aliphatic imine (C=N–C) groups is 1. The Kier molecular flexibility index (Phi) is 8.73. The van der Waals surface area contributed by atoms with Crippen molar-refractivity contribution in [3.05, 3.63) is 45.4 Å². The molecule has 140 valence electrons. The van der Waals surface area contributed by atoms with E-state index in [-0.39, 0.29) is 5.91 Å². The lowest BCUT2D eigenvalue weighted by Gasteiger charge is -2.12. The van der Waals surface area contributed by atoms with E-state index in [0.29, 0.717) is 23.9 Å². The highest BCUT2D eigenvalue weighted by Crippen LogP contribution is 2.19. The minimum Gasteiger partial charge on any atom is -0.356 e. The Morgan fingerprint density at radius 3 is 2.54 bits per heavy atom. The van der Waals surface area contributed by atoms with Gasteiger partial charge in [0.2, 0.25) is 0 Å². The predicted octanol–water partition coefficient (Wildman–Crippen LogP) is 2.79. The van der Waals surface area contributed by atoms with Crippen molar-refractivity contribution in [1.29, 1.82) is 0 Å². The summed E-state index contributed by atoms with van der Waals surface area (Å²) in [5, 5.41) is 10.0. The first kappa shape index (κ1) is 20.5. The van der Waals surface area contributed by atoms with Gasteiger partial charge in [0.15, 0.2) is 5.96 Å². The molecule has 0 fully saturated rings. The van der Waals surface area contributed by atoms with Crippen LogP contribution in [0.1, 0.15) is 15.4 Å². The first-order valence-corrected chi connectivity index (χ1v) is 10.4. The fourth-order valence-corrected chi connectivity index (χ4v) is 3.66. The number of thioether (sulfide) groups is 1. The number of aromatic nitrogens is 1. The van der Waals surface area contributed by atoms with Gasteiger partial charge in [0.25, 0.3) is 5.91 Å². The lowest BCUT2D eigenvalue weighted by atomic mass is 10.4. The van der Waals surface area contributed by atoms with E-state index in [1.54, 1.807) is 24.3 Å². The lowest BCUT2D eigenvalue weighted by molar-refractivity contribution is 0.0957. The molecule has 3 N–H and O–H groups in total. The minimum absolute atomic E-state index is 0.0888. The Morgan fingerprint density at radius 1 is 1.19 bits per heavy atom. The summed E-state index contributed by atoms with van der Waals surface area (Å²) in [6, 6.07) is 7.79. The molecule has 0 aliphatic carbocycles. The maximum Gasteiger partial charge on any atom is 0.263 e. The van der Waals surface area contributed by atoms with Crippen molar-refractivity contribution >= 4 is 46.6 Å². The summed E-state index contributed by atoms with van der Waals surface area (Å²) >= 11 is 8.97. The van der Waals surface area contributed by atoms with E-state index in [0.717, 1.165) is 23.0 Å². The third-order valence-corrected chi connectivity index (χ3v) is 5.55. The van der Waals surface area contributed by atoms with Gasteiger partial charge >= 0.3 is 0 Å². The van der Waals surface area contributed by atoms with Gasteiger partial charge in [-0.1, -0.05) is 11.6 Å². The molecule has 0 unspecified atom stereocenters. The number of aryl methyl sites for hydroxylation is 1. The van der Waals surface area contributed by atoms with Gasteiger partial charge in [-0.05, 0) is 31.2 Å². The highest BCUT2D eigenvalue weighted by atomic mass is 35.5. The number of halogens is 1. The number of rotatable bonds is 8. The average molecular weight is 412 g/mol. The molecule has 9 heteroatoms. The second-order valence-electron chi connectivity index (χ2n) is 5.25. The van der Waals surface area contributed by atoms with Crippen molar-refractivity contribution < 1.29 is 4.79 Å². The molecule has 0 aliphatic heterocycles. The summed E-state index contributed by atoms with van der Waals surface area (Å²) in [6.45, 7) is 3.71. The molecule has 2 aromatic rings. The summed E-state index contributed by atoms with van der Waals surface area (Å²) in [5.74, 6) is 1.53. The van der Waals surface area contributed by atoms with Gasteiger partial charge in [-0.2, -0.15) is 0 Å². The number of carbonyl (C=O) groups excluding carboxylic acids is 1. The Hall–Kier alpha value is -1.77. The Bertz CT molecular complexity index is 733. The molecule has 6 nitrogen and oxygen atoms in total. The van der Waals surface area contributed by atoms with Crippen LogP contribution in [0, 0.1) is 6.92 Å². The number of nitrogens with zero attached hydrogens (tertiary/aromatic N) is 2. The van der Waals surface area contributed by atoms with Crippen molar-refractivity contribution in [3.8, 4) is 0 Å². The van der Waals surface area contributed by atoms with Crippen LogP contribution in [0.15, 0.2) is 39.7 Å². The first-order valence-electron chi connectivity index (χ1n) is 8.11. The Labute approximate surface area is 166 Å². The Balaban J connectivity index is 1.59. The molecule has 26 heavy (non-hydrogen) atoms. The zero-order chi connectivity index (χ0) is 18.8. The topological polar surface area (TPSA) is 78.4 Å². The molecule has 0 atom stereocenters. The number of nitrogens with one attached hydrogen (secondary N) is 3. The van der Waals surface area contributed by atoms with Crippen LogP contribution in [0.5, 0.6) is 0 Å². The summed E-state index contributed by atoms with van der Waals surface area (Å²) < 4.78 is 0. The van der Waals surface area contributed by atoms with Gasteiger partial charge in [0, 0.05) is 42.4 Å². The summed E-state index contributed by atoms with van der Waals surface area (Å²) in [6.07, 6.45) is 0. The summed E-state index contributed by atoms with van der Waals surface area (Å²) in [4.78, 5) is 22.1. The number of thiazole rings is 1. The average Bonchev–Trinajstić information content (AvgIpc) is 3.07. The number of guanidine groups is 1. The largest absolute Gasteiger partial charge is 0.356 e. The van der Waals surface area contributed by atoms with E-state index >= 15 is 0 Å². The van der Waals surface area contributed by atoms with Crippen molar-refractivity contribution in [3.63, 3.8) is 0 Å². The van der Waals surface area contributed by atoms with Crippen LogP contribution < -0.4 is 16.0 Å². The third-order valence-electron chi connectivity index (χ3n) is 3.36. The smallest absolute Gasteiger partial charge is 0.263 e. The molecule has 0 saturated carbocycles. The van der Waals surface area contributed by atoms with Gasteiger partial charge in [0.1, 0.15) is 4.88 Å². The fraction of sp³-hybridized carbons (Fsp3) is 0.353. The minimum atomic E-state index is -0.0888. The SMILES string of the molecule is CN=C(NCCNC(=O)c1scnc1C)NCCSc1ccc(Cl)cc1. The van der Waals surface area contributed by atoms with E-state index in [1.165, 1.54) is 16.2 Å². The first-order chi connectivity index (χ1) is 12.6. The van der Waals surface area contributed by atoms with Crippen molar-refractivity contribution in [2.75, 3.05) is 32.4 Å². The summed E-state index contributed by atoms with van der Waals surface area (Å²) in [7, 11) is 1.72. The molecule has 0 radical (unpaired) electrons. The van der Waals surface area contributed by atoms with Crippen molar-refractivity contribution in [2.24, 2.45) is 4.99 Å². The van der Waals surface area contributed by atoms with Gasteiger partial charge in [0.05, 0.1) is 11.2 Å². The van der Waals surface area contributed by atoms with Crippen molar-refractivity contribution in [1.82, 2.24) is 20.9 Å². The second-order valence-corrected chi connectivity index (χ2v) is 7.71. The maximum atomic E-state index is 12.0. The van der Waals surface area contributed by atoms with Gasteiger partial charge in [-0.25, -0.2) is 4.98 Å². The van der Waals surface area contributed by atoms with Gasteiger partial charge < -0.3 is 16.0 Å². The predicted molar refractivity (Wildman–Crippen MR) is 111 cm³/mol. The highest BCUT2D eigenvalue weighted by Gasteiger charge is 2.10. The lowest BCUT2D eigenvalue weighted by Crippen LogP contribution is -2.42. The molecule has 1 aromatic carbocycles. The molecular formula is C17H22ClN5OS2. The van der Waals surface area contributed by atoms with E-state index in [4.69, 9.17) is 11.6 Å². The molecule has 2 rings (SSSR count). The van der Waals surface area contributed by atoms with Gasteiger partial charge in [-0.15, -0.1) is 23.1 Å². The molecule has 1 aromatic heterocycles. The normalized spacial score (nSPS) is 11.3. The van der Waals surface area contributed by atoms with E-state index in [2.05, 4.69) is 25.9 Å². The van der Waals surface area contributed by atoms with E-state index in [1.807, 2.05) is 31.2 Å². The quantitative estimate of drug-likeness (QED) is 0.269. The molecule has 0 bridgehead atoms. The zero-order valence-electron chi connectivity index (χ0n) is 14.7. The molecule has 1 amide bonds. The standard InChI is InChI=1S/C17H22ClN5OS2/c1-12-15(26-11-23-12)16(24)20-7-8-21-17(19-2)22-9-10-25-14-5-3-13(18)4-6-14/h3-6,11H,7-10H2,1-2H3,(H,20,24)(H2,19,21,22). The number of carbonyl (C=O) groups is 1. The molecule has 0 aliphatic rings. The van der Waals surface area contributed by atoms with Crippen LogP contribution in [-0.2, 0) is 0 Å². The molecule has 1 heterocycles. The molecule has 0 saturated heterocycles. The van der Waals surface area contributed by atoms with Crippen LogP contribution in [0.3, 0.4) is 0 Å². The Morgan fingerprint density at radius 2 is 1.88 bits per heavy atom. The monoisotopic (exact) mass is 411 g/mol. The van der Waals surface area contributed by atoms with Gasteiger partial charge in [-0.3, -0.25) is 9.79 Å². The highest BCUT2D eigenvalue weighted by molar-refractivity contribution is 7.99. The number of amides is 1. The van der Waals surface area contributed by atoms with Crippen LogP contribution in [0.25, 0.3) is 0 Å². The van der Waals surface area contributed by atoms with Crippen LogP contribution in [0.4, 0.5) is 0 Å². The number of benzene rings is 1. The third kappa shape index (κ3) is 6.86.